The third kappa shape index (κ3) is 3.92. The van der Waals surface area contributed by atoms with E-state index in [4.69, 9.17) is 0 Å². The second-order valence-electron chi connectivity index (χ2n) is 5.08. The Hall–Kier alpha value is -1.65. The van der Waals surface area contributed by atoms with Crippen LogP contribution in [-0.4, -0.2) is 30.4 Å². The number of benzene rings is 1. The van der Waals surface area contributed by atoms with E-state index in [2.05, 4.69) is 5.32 Å². The Morgan fingerprint density at radius 3 is 2.20 bits per heavy atom. The van der Waals surface area contributed by atoms with Crippen LogP contribution < -0.4 is 5.32 Å². The standard InChI is InChI=1S/C15H22F2N2O/c1-5-18-14-12(16)7-11(8-13(14)17)15(20)19(6-2)9-10(3)4/h7-8,10,18H,5-6,9H2,1-4H3. The smallest absolute Gasteiger partial charge is 0.254 e. The molecule has 0 aliphatic rings. The molecule has 0 heterocycles. The fourth-order valence-corrected chi connectivity index (χ4v) is 2.02. The van der Waals surface area contributed by atoms with Crippen LogP contribution in [0, 0.1) is 17.6 Å². The number of anilines is 1. The van der Waals surface area contributed by atoms with Crippen LogP contribution in [0.15, 0.2) is 12.1 Å². The molecule has 0 fully saturated rings. The summed E-state index contributed by atoms with van der Waals surface area (Å²) in [5.41, 5.74) is -0.139. The maximum Gasteiger partial charge on any atom is 0.254 e. The van der Waals surface area contributed by atoms with Crippen molar-refractivity contribution in [2.45, 2.75) is 27.7 Å². The number of amides is 1. The van der Waals surface area contributed by atoms with E-state index in [1.54, 1.807) is 11.8 Å². The Morgan fingerprint density at radius 2 is 1.80 bits per heavy atom. The van der Waals surface area contributed by atoms with Crippen LogP contribution in [0.2, 0.25) is 0 Å². The lowest BCUT2D eigenvalue weighted by atomic mass is 10.1. The Bertz CT molecular complexity index is 452. The summed E-state index contributed by atoms with van der Waals surface area (Å²) in [5.74, 6) is -1.52. The minimum Gasteiger partial charge on any atom is -0.381 e. The molecule has 20 heavy (non-hydrogen) atoms. The predicted molar refractivity (Wildman–Crippen MR) is 76.9 cm³/mol. The minimum absolute atomic E-state index is 0.0455. The van der Waals surface area contributed by atoms with Gasteiger partial charge in [0.05, 0.1) is 0 Å². The van der Waals surface area contributed by atoms with E-state index in [9.17, 15) is 13.6 Å². The second kappa shape index (κ2) is 7.22. The number of nitrogens with zero attached hydrogens (tertiary/aromatic N) is 1. The van der Waals surface area contributed by atoms with Gasteiger partial charge in [0.15, 0.2) is 0 Å². The van der Waals surface area contributed by atoms with Crippen LogP contribution in [0.4, 0.5) is 14.5 Å². The zero-order chi connectivity index (χ0) is 15.3. The van der Waals surface area contributed by atoms with Crippen LogP contribution in [0.25, 0.3) is 0 Å². The van der Waals surface area contributed by atoms with Gasteiger partial charge in [0.2, 0.25) is 0 Å². The van der Waals surface area contributed by atoms with Gasteiger partial charge >= 0.3 is 0 Å². The molecule has 1 aromatic rings. The molecule has 0 saturated carbocycles. The molecular weight excluding hydrogens is 262 g/mol. The fourth-order valence-electron chi connectivity index (χ4n) is 2.02. The van der Waals surface area contributed by atoms with Crippen LogP contribution in [-0.2, 0) is 0 Å². The van der Waals surface area contributed by atoms with Gasteiger partial charge in [0.25, 0.3) is 5.91 Å². The topological polar surface area (TPSA) is 32.3 Å². The lowest BCUT2D eigenvalue weighted by molar-refractivity contribution is 0.0745. The van der Waals surface area contributed by atoms with Crippen molar-refractivity contribution in [1.82, 2.24) is 4.90 Å². The number of rotatable bonds is 6. The normalized spacial score (nSPS) is 10.8. The van der Waals surface area contributed by atoms with Crippen molar-refractivity contribution < 1.29 is 13.6 Å². The maximum atomic E-state index is 13.8. The summed E-state index contributed by atoms with van der Waals surface area (Å²) in [6.45, 7) is 9.06. The molecule has 0 unspecified atom stereocenters. The summed E-state index contributed by atoms with van der Waals surface area (Å²) in [7, 11) is 0. The molecule has 5 heteroatoms. The zero-order valence-corrected chi connectivity index (χ0v) is 12.5. The first-order valence-corrected chi connectivity index (χ1v) is 6.92. The third-order valence-corrected chi connectivity index (χ3v) is 2.90. The van der Waals surface area contributed by atoms with E-state index in [0.717, 1.165) is 12.1 Å². The summed E-state index contributed by atoms with van der Waals surface area (Å²) >= 11 is 0. The molecule has 0 aliphatic heterocycles. The average molecular weight is 284 g/mol. The summed E-state index contributed by atoms with van der Waals surface area (Å²) in [5, 5.41) is 2.61. The van der Waals surface area contributed by atoms with Crippen molar-refractivity contribution in [1.29, 1.82) is 0 Å². The van der Waals surface area contributed by atoms with Crippen molar-refractivity contribution in [2.24, 2.45) is 5.92 Å². The number of hydrogen-bond acceptors (Lipinski definition) is 2. The van der Waals surface area contributed by atoms with Gasteiger partial charge in [0, 0.05) is 25.2 Å². The Kier molecular flexibility index (Phi) is 5.92. The molecule has 0 bridgehead atoms. The molecule has 112 valence electrons. The van der Waals surface area contributed by atoms with Crippen molar-refractivity contribution in [3.05, 3.63) is 29.3 Å². The lowest BCUT2D eigenvalue weighted by Gasteiger charge is -2.23. The minimum atomic E-state index is -0.740. The number of halogens is 2. The molecular formula is C15H22F2N2O. The third-order valence-electron chi connectivity index (χ3n) is 2.90. The fraction of sp³-hybridized carbons (Fsp3) is 0.533. The highest BCUT2D eigenvalue weighted by Crippen LogP contribution is 2.21. The summed E-state index contributed by atoms with van der Waals surface area (Å²) in [4.78, 5) is 13.8. The highest BCUT2D eigenvalue weighted by atomic mass is 19.1. The molecule has 0 aromatic heterocycles. The van der Waals surface area contributed by atoms with Gasteiger partial charge in [-0.15, -0.1) is 0 Å². The number of hydrogen-bond donors (Lipinski definition) is 1. The molecule has 0 saturated heterocycles. The largest absolute Gasteiger partial charge is 0.381 e. The average Bonchev–Trinajstić information content (AvgIpc) is 2.38. The van der Waals surface area contributed by atoms with E-state index in [1.165, 1.54) is 0 Å². The van der Waals surface area contributed by atoms with Crippen LogP contribution in [0.3, 0.4) is 0 Å². The van der Waals surface area contributed by atoms with E-state index >= 15 is 0 Å². The molecule has 0 spiro atoms. The van der Waals surface area contributed by atoms with Crippen LogP contribution in [0.5, 0.6) is 0 Å². The molecule has 1 rings (SSSR count). The van der Waals surface area contributed by atoms with Gasteiger partial charge in [-0.05, 0) is 31.9 Å². The zero-order valence-electron chi connectivity index (χ0n) is 12.5. The van der Waals surface area contributed by atoms with Crippen molar-refractivity contribution in [3.63, 3.8) is 0 Å². The quantitative estimate of drug-likeness (QED) is 0.867. The van der Waals surface area contributed by atoms with Crippen molar-refractivity contribution in [2.75, 3.05) is 25.0 Å². The maximum absolute atomic E-state index is 13.8. The Labute approximate surface area is 119 Å². The van der Waals surface area contributed by atoms with Gasteiger partial charge in [0.1, 0.15) is 17.3 Å². The highest BCUT2D eigenvalue weighted by molar-refractivity contribution is 5.94. The van der Waals surface area contributed by atoms with E-state index in [0.29, 0.717) is 25.6 Å². The molecule has 1 N–H and O–H groups in total. The van der Waals surface area contributed by atoms with Gasteiger partial charge in [-0.1, -0.05) is 13.8 Å². The molecule has 3 nitrogen and oxygen atoms in total. The number of carbonyl (C=O) groups excluding carboxylic acids is 1. The first-order chi connectivity index (χ1) is 9.40. The predicted octanol–water partition coefficient (Wildman–Crippen LogP) is 3.51. The van der Waals surface area contributed by atoms with E-state index in [1.807, 2.05) is 20.8 Å². The van der Waals surface area contributed by atoms with Gasteiger partial charge in [-0.25, -0.2) is 8.78 Å². The Balaban J connectivity index is 3.04. The molecule has 0 atom stereocenters. The first-order valence-electron chi connectivity index (χ1n) is 6.92. The van der Waals surface area contributed by atoms with Gasteiger partial charge in [-0.3, -0.25) is 4.79 Å². The van der Waals surface area contributed by atoms with E-state index < -0.39 is 11.6 Å². The highest BCUT2D eigenvalue weighted by Gasteiger charge is 2.19. The monoisotopic (exact) mass is 284 g/mol. The Morgan fingerprint density at radius 1 is 1.25 bits per heavy atom. The van der Waals surface area contributed by atoms with Crippen LogP contribution >= 0.6 is 0 Å². The van der Waals surface area contributed by atoms with Crippen molar-refractivity contribution in [3.8, 4) is 0 Å². The molecule has 1 amide bonds. The van der Waals surface area contributed by atoms with Crippen molar-refractivity contribution >= 4 is 11.6 Å². The molecule has 0 aliphatic carbocycles. The van der Waals surface area contributed by atoms with Crippen LogP contribution in [0.1, 0.15) is 38.1 Å². The summed E-state index contributed by atoms with van der Waals surface area (Å²) in [6, 6.07) is 2.18. The molecule has 0 radical (unpaired) electrons. The summed E-state index contributed by atoms with van der Waals surface area (Å²) < 4.78 is 27.6. The van der Waals surface area contributed by atoms with E-state index in [-0.39, 0.29) is 17.2 Å². The van der Waals surface area contributed by atoms with Gasteiger partial charge < -0.3 is 10.2 Å². The number of nitrogens with one attached hydrogen (secondary N) is 1. The number of carbonyl (C=O) groups is 1. The SMILES string of the molecule is CCNc1c(F)cc(C(=O)N(CC)CC(C)C)cc1F. The lowest BCUT2D eigenvalue weighted by Crippen LogP contribution is -2.34. The first kappa shape index (κ1) is 16.4. The summed E-state index contributed by atoms with van der Waals surface area (Å²) in [6.07, 6.45) is 0. The molecule has 1 aromatic carbocycles. The van der Waals surface area contributed by atoms with Gasteiger partial charge in [-0.2, -0.15) is 0 Å². The second-order valence-corrected chi connectivity index (χ2v) is 5.08.